The predicted octanol–water partition coefficient (Wildman–Crippen LogP) is 0.799. The van der Waals surface area contributed by atoms with Gasteiger partial charge in [-0.1, -0.05) is 24.1 Å². The number of para-hydroxylation sites is 1. The van der Waals surface area contributed by atoms with E-state index in [4.69, 9.17) is 36.8 Å². The molecule has 0 bridgehead atoms. The lowest BCUT2D eigenvalue weighted by Crippen LogP contribution is -2.47. The number of benzene rings is 1. The summed E-state index contributed by atoms with van der Waals surface area (Å²) in [6.07, 6.45) is 2.06. The largest absolute Gasteiger partial charge is 0.462 e. The van der Waals surface area contributed by atoms with Crippen molar-refractivity contribution in [2.75, 3.05) is 6.61 Å². The van der Waals surface area contributed by atoms with E-state index in [0.717, 1.165) is 16.8 Å². The fourth-order valence-electron chi connectivity index (χ4n) is 3.67. The molecule has 1 fully saturated rings. The average Bonchev–Trinajstić information content (AvgIpc) is 3.09. The van der Waals surface area contributed by atoms with E-state index >= 15 is 0 Å². The van der Waals surface area contributed by atoms with Crippen molar-refractivity contribution in [2.45, 2.75) is 63.4 Å². The normalized spacial score (nSPS) is 25.3. The maximum atomic E-state index is 12.4. The molecule has 0 aliphatic carbocycles. The third kappa shape index (κ3) is 6.98. The Kier molecular flexibility index (Phi) is 9.67. The number of hydrogen-bond acceptors (Lipinski definition) is 10. The lowest BCUT2D eigenvalue weighted by Gasteiger charge is -2.27. The number of nitrogens with zero attached hydrogens (tertiary/aromatic N) is 1. The van der Waals surface area contributed by atoms with Crippen molar-refractivity contribution < 1.29 is 33.5 Å². The van der Waals surface area contributed by atoms with E-state index in [9.17, 15) is 24.6 Å². The second-order valence-corrected chi connectivity index (χ2v) is 12.0. The molecule has 0 saturated carbocycles. The SMILES string of the molecule is C#C[C@@]1(O)[C@H](O)[C@@H](CCOP(=S)(N[C@@H](C)C(=O)OC(C)C)Oc2ccccc2)O[C@H]1n1ccc(=O)[nH]c1=O. The quantitative estimate of drug-likeness (QED) is 0.173. The second kappa shape index (κ2) is 12.4. The first-order valence-electron chi connectivity index (χ1n) is 11.7. The number of aliphatic hydroxyl groups is 2. The van der Waals surface area contributed by atoms with E-state index in [1.54, 1.807) is 51.1 Å². The van der Waals surface area contributed by atoms with E-state index in [-0.39, 0.29) is 19.1 Å². The molecule has 12 nitrogen and oxygen atoms in total. The zero-order chi connectivity index (χ0) is 28.1. The average molecular weight is 568 g/mol. The number of H-pyrrole nitrogens is 1. The van der Waals surface area contributed by atoms with Crippen molar-refractivity contribution in [3.8, 4) is 18.1 Å². The third-order valence-electron chi connectivity index (χ3n) is 5.51. The summed E-state index contributed by atoms with van der Waals surface area (Å²) in [6, 6.07) is 8.82. The van der Waals surface area contributed by atoms with Gasteiger partial charge in [0.2, 0.25) is 0 Å². The topological polar surface area (TPSA) is 161 Å². The minimum Gasteiger partial charge on any atom is -0.462 e. The van der Waals surface area contributed by atoms with Crippen LogP contribution in [-0.2, 0) is 30.6 Å². The van der Waals surface area contributed by atoms with Crippen LogP contribution in [0.5, 0.6) is 5.75 Å². The Morgan fingerprint density at radius 1 is 1.32 bits per heavy atom. The number of carbonyl (C=O) groups is 1. The van der Waals surface area contributed by atoms with Crippen LogP contribution in [0.25, 0.3) is 0 Å². The van der Waals surface area contributed by atoms with Gasteiger partial charge in [0, 0.05) is 18.7 Å². The van der Waals surface area contributed by atoms with E-state index in [1.807, 2.05) is 4.98 Å². The van der Waals surface area contributed by atoms with Crippen LogP contribution in [0.3, 0.4) is 0 Å². The van der Waals surface area contributed by atoms with Gasteiger partial charge in [-0.25, -0.2) is 9.88 Å². The standard InChI is InChI=1S/C24H30N3O9PS/c1-5-24(32)20(29)18(35-22(24)27-13-11-19(28)25-23(27)31)12-14-33-37(38,36-17-9-7-6-8-10-17)26-16(4)21(30)34-15(2)3/h1,6-11,13,15-16,18,20,22,29,32H,12,14H2,2-4H3,(H,26,38)(H,25,28,31)/t16-,18+,20+,22+,24+,37?/m0/s1. The van der Waals surface area contributed by atoms with Crippen molar-refractivity contribution in [2.24, 2.45) is 0 Å². The van der Waals surface area contributed by atoms with Crippen LogP contribution >= 0.6 is 6.64 Å². The monoisotopic (exact) mass is 567 g/mol. The summed E-state index contributed by atoms with van der Waals surface area (Å²) >= 11 is 5.64. The van der Waals surface area contributed by atoms with Crippen LogP contribution in [-0.4, -0.2) is 62.3 Å². The van der Waals surface area contributed by atoms with Gasteiger partial charge in [0.15, 0.2) is 11.8 Å². The van der Waals surface area contributed by atoms with Crippen molar-refractivity contribution >= 4 is 24.4 Å². The number of ether oxygens (including phenoxy) is 2. The van der Waals surface area contributed by atoms with Gasteiger partial charge in [0.25, 0.3) is 5.56 Å². The maximum Gasteiger partial charge on any atom is 0.330 e. The molecule has 4 N–H and O–H groups in total. The van der Waals surface area contributed by atoms with E-state index in [2.05, 4.69) is 11.0 Å². The Morgan fingerprint density at radius 2 is 2.00 bits per heavy atom. The molecular formula is C24H30N3O9PS. The van der Waals surface area contributed by atoms with Gasteiger partial charge in [-0.15, -0.1) is 6.42 Å². The van der Waals surface area contributed by atoms with Gasteiger partial charge >= 0.3 is 18.3 Å². The van der Waals surface area contributed by atoms with Crippen LogP contribution < -0.4 is 20.9 Å². The number of carbonyl (C=O) groups excluding carboxylic acids is 1. The van der Waals surface area contributed by atoms with Gasteiger partial charge < -0.3 is 28.7 Å². The van der Waals surface area contributed by atoms with Crippen LogP contribution in [0.4, 0.5) is 0 Å². The Bertz CT molecular complexity index is 1330. The fraction of sp³-hybridized carbons (Fsp3) is 0.458. The predicted molar refractivity (Wildman–Crippen MR) is 141 cm³/mol. The van der Waals surface area contributed by atoms with Gasteiger partial charge in [0.1, 0.15) is 17.9 Å². The summed E-state index contributed by atoms with van der Waals surface area (Å²) < 4.78 is 23.7. The summed E-state index contributed by atoms with van der Waals surface area (Å²) in [5.74, 6) is 1.95. The number of aromatic amines is 1. The number of hydrogen-bond donors (Lipinski definition) is 4. The number of esters is 1. The van der Waals surface area contributed by atoms with Crippen molar-refractivity contribution in [3.05, 3.63) is 63.4 Å². The van der Waals surface area contributed by atoms with E-state index in [1.165, 1.54) is 0 Å². The zero-order valence-electron chi connectivity index (χ0n) is 21.0. The minimum atomic E-state index is -3.35. The zero-order valence-corrected chi connectivity index (χ0v) is 22.7. The lowest BCUT2D eigenvalue weighted by molar-refractivity contribution is -0.149. The summed E-state index contributed by atoms with van der Waals surface area (Å²) in [5.41, 5.74) is -3.80. The van der Waals surface area contributed by atoms with Crippen molar-refractivity contribution in [1.82, 2.24) is 14.6 Å². The van der Waals surface area contributed by atoms with Crippen LogP contribution in [0.15, 0.2) is 52.2 Å². The fourth-order valence-corrected chi connectivity index (χ4v) is 6.13. The third-order valence-corrected chi connectivity index (χ3v) is 8.04. The molecule has 1 unspecified atom stereocenters. The Morgan fingerprint density at radius 3 is 2.61 bits per heavy atom. The van der Waals surface area contributed by atoms with Crippen molar-refractivity contribution in [3.63, 3.8) is 0 Å². The molecule has 0 spiro atoms. The molecule has 1 saturated heterocycles. The lowest BCUT2D eigenvalue weighted by atomic mass is 9.94. The summed E-state index contributed by atoms with van der Waals surface area (Å²) in [4.78, 5) is 38.1. The highest BCUT2D eigenvalue weighted by Crippen LogP contribution is 2.46. The molecule has 38 heavy (non-hydrogen) atoms. The van der Waals surface area contributed by atoms with Crippen LogP contribution in [0.1, 0.15) is 33.4 Å². The first kappa shape index (κ1) is 29.7. The maximum absolute atomic E-state index is 12.4. The first-order chi connectivity index (χ1) is 17.9. The highest BCUT2D eigenvalue weighted by atomic mass is 32.5. The molecule has 3 rings (SSSR count). The van der Waals surface area contributed by atoms with Gasteiger partial charge in [-0.2, -0.15) is 0 Å². The molecule has 2 aromatic rings. The second-order valence-electron chi connectivity index (χ2n) is 8.82. The van der Waals surface area contributed by atoms with Crippen LogP contribution in [0, 0.1) is 12.3 Å². The number of terminal acetylenes is 1. The summed E-state index contributed by atoms with van der Waals surface area (Å²) in [5, 5.41) is 24.6. The smallest absolute Gasteiger partial charge is 0.330 e. The molecule has 1 aliphatic heterocycles. The van der Waals surface area contributed by atoms with Crippen LogP contribution in [0.2, 0.25) is 0 Å². The summed E-state index contributed by atoms with van der Waals surface area (Å²) in [7, 11) is 0. The molecule has 2 heterocycles. The number of aromatic nitrogens is 2. The Hall–Kier alpha value is -2.82. The molecule has 0 amide bonds. The van der Waals surface area contributed by atoms with Gasteiger partial charge in [-0.3, -0.25) is 19.1 Å². The molecule has 6 atom stereocenters. The molecule has 206 valence electrons. The first-order valence-corrected chi connectivity index (χ1v) is 14.3. The molecule has 1 aromatic heterocycles. The number of nitrogens with one attached hydrogen (secondary N) is 2. The number of rotatable bonds is 11. The molecule has 14 heteroatoms. The summed E-state index contributed by atoms with van der Waals surface area (Å²) in [6.45, 7) is 1.51. The molecule has 1 aromatic carbocycles. The van der Waals surface area contributed by atoms with Crippen molar-refractivity contribution in [1.29, 1.82) is 0 Å². The number of aliphatic hydroxyl groups excluding tert-OH is 1. The minimum absolute atomic E-state index is 0.0250. The van der Waals surface area contributed by atoms with Gasteiger partial charge in [-0.05, 0) is 44.7 Å². The molecular weight excluding hydrogens is 537 g/mol. The highest BCUT2D eigenvalue weighted by molar-refractivity contribution is 8.09. The Labute approximate surface area is 224 Å². The Balaban J connectivity index is 1.75. The van der Waals surface area contributed by atoms with E-state index in [0.29, 0.717) is 5.75 Å². The molecule has 1 aliphatic rings. The molecule has 0 radical (unpaired) electrons. The van der Waals surface area contributed by atoms with E-state index < -0.39 is 53.9 Å². The highest BCUT2D eigenvalue weighted by Gasteiger charge is 2.55. The van der Waals surface area contributed by atoms with Gasteiger partial charge in [0.05, 0.1) is 18.8 Å².